The summed E-state index contributed by atoms with van der Waals surface area (Å²) in [7, 11) is 2.01. The molecule has 0 aromatic rings. The van der Waals surface area contributed by atoms with E-state index < -0.39 is 0 Å². The number of nitrogens with zero attached hydrogens (tertiary/aromatic N) is 2. The molecule has 0 saturated heterocycles. The van der Waals surface area contributed by atoms with Gasteiger partial charge in [-0.3, -0.25) is 0 Å². The fraction of sp³-hybridized carbons (Fsp3) is 0.727. The topological polar surface area (TPSA) is 6.48 Å². The first-order valence-corrected chi connectivity index (χ1v) is 5.27. The standard InChI is InChI=1S/C11H20N2.ClH/c1-3-4-5-6-7-8-13-10-9-12(2)11-13;/h9-10H,3-8H2,1-2H3;1H/q+1;/p-1. The van der Waals surface area contributed by atoms with Gasteiger partial charge in [0.1, 0.15) is 0 Å². The molecule has 0 unspecified atom stereocenters. The van der Waals surface area contributed by atoms with Crippen LogP contribution in [0.3, 0.4) is 0 Å². The Bertz CT molecular complexity index is 159. The predicted molar refractivity (Wildman–Crippen MR) is 55.6 cm³/mol. The molecule has 0 bridgehead atoms. The minimum atomic E-state index is 0. The van der Waals surface area contributed by atoms with E-state index in [1.807, 2.05) is 18.1 Å². The molecule has 1 aliphatic rings. The molecule has 2 nitrogen and oxygen atoms in total. The number of unbranched alkanes of at least 4 members (excludes halogenated alkanes) is 4. The summed E-state index contributed by atoms with van der Waals surface area (Å²) in [4.78, 5) is 4.10. The van der Waals surface area contributed by atoms with Crippen molar-refractivity contribution in [3.05, 3.63) is 19.1 Å². The number of hydrogen-bond donors (Lipinski definition) is 0. The second kappa shape index (κ2) is 7.86. The van der Waals surface area contributed by atoms with Crippen molar-refractivity contribution in [2.45, 2.75) is 39.0 Å². The van der Waals surface area contributed by atoms with E-state index in [1.165, 1.54) is 32.1 Å². The van der Waals surface area contributed by atoms with Crippen molar-refractivity contribution in [1.29, 1.82) is 0 Å². The predicted octanol–water partition coefficient (Wildman–Crippen LogP) is -0.324. The summed E-state index contributed by atoms with van der Waals surface area (Å²) in [5, 5.41) is 0. The Morgan fingerprint density at radius 1 is 1.07 bits per heavy atom. The first-order valence-electron chi connectivity index (χ1n) is 5.27. The zero-order valence-electron chi connectivity index (χ0n) is 9.17. The fourth-order valence-electron chi connectivity index (χ4n) is 1.46. The smallest absolute Gasteiger partial charge is 0.564 e. The van der Waals surface area contributed by atoms with Crippen LogP contribution in [-0.2, 0) is 0 Å². The van der Waals surface area contributed by atoms with Crippen molar-refractivity contribution in [1.82, 2.24) is 9.80 Å². The van der Waals surface area contributed by atoms with Crippen LogP contribution in [0.4, 0.5) is 0 Å². The van der Waals surface area contributed by atoms with Crippen LogP contribution in [0.5, 0.6) is 0 Å². The molecule has 0 atom stereocenters. The Morgan fingerprint density at radius 2 is 1.79 bits per heavy atom. The van der Waals surface area contributed by atoms with Gasteiger partial charge in [-0.15, -0.1) is 9.80 Å². The normalized spacial score (nSPS) is 14.1. The van der Waals surface area contributed by atoms with E-state index >= 15 is 0 Å². The van der Waals surface area contributed by atoms with Crippen molar-refractivity contribution in [3.8, 4) is 0 Å². The van der Waals surface area contributed by atoms with E-state index in [-0.39, 0.29) is 12.4 Å². The molecule has 1 rings (SSSR count). The van der Waals surface area contributed by atoms with Gasteiger partial charge >= 0.3 is 6.67 Å². The summed E-state index contributed by atoms with van der Waals surface area (Å²) in [6, 6.07) is 0. The van der Waals surface area contributed by atoms with Crippen LogP contribution in [0.2, 0.25) is 0 Å². The molecule has 14 heavy (non-hydrogen) atoms. The quantitative estimate of drug-likeness (QED) is 0.443. The van der Waals surface area contributed by atoms with Gasteiger partial charge in [-0.25, -0.2) is 0 Å². The van der Waals surface area contributed by atoms with Crippen LogP contribution in [-0.4, -0.2) is 23.4 Å². The molecule has 0 fully saturated rings. The third-order valence-corrected chi connectivity index (χ3v) is 2.26. The largest absolute Gasteiger partial charge is 1.00 e. The SMILES string of the molecule is CCCCCCCN1[C+]N(C)C=C1.[Cl-]. The van der Waals surface area contributed by atoms with Gasteiger partial charge in [-0.2, -0.15) is 0 Å². The number of rotatable bonds is 6. The van der Waals surface area contributed by atoms with Crippen molar-refractivity contribution < 1.29 is 12.4 Å². The highest BCUT2D eigenvalue weighted by Gasteiger charge is 2.26. The summed E-state index contributed by atoms with van der Waals surface area (Å²) >= 11 is 0. The lowest BCUT2D eigenvalue weighted by atomic mass is 10.1. The molecule has 0 N–H and O–H groups in total. The summed E-state index contributed by atoms with van der Waals surface area (Å²) in [6.45, 7) is 6.57. The van der Waals surface area contributed by atoms with Gasteiger partial charge in [0.05, 0.1) is 26.0 Å². The van der Waals surface area contributed by atoms with E-state index in [9.17, 15) is 0 Å². The molecule has 0 saturated carbocycles. The second-order valence-corrected chi connectivity index (χ2v) is 3.62. The summed E-state index contributed by atoms with van der Waals surface area (Å²) in [5.41, 5.74) is 0. The molecular weight excluding hydrogens is 196 g/mol. The van der Waals surface area contributed by atoms with E-state index in [1.54, 1.807) is 0 Å². The van der Waals surface area contributed by atoms with E-state index in [4.69, 9.17) is 0 Å². The zero-order chi connectivity index (χ0) is 9.52. The molecule has 0 aliphatic carbocycles. The maximum absolute atomic E-state index is 3.20. The summed E-state index contributed by atoms with van der Waals surface area (Å²) in [6.07, 6.45) is 10.8. The van der Waals surface area contributed by atoms with Crippen LogP contribution in [0.25, 0.3) is 0 Å². The van der Waals surface area contributed by atoms with Crippen LogP contribution in [0, 0.1) is 6.67 Å². The van der Waals surface area contributed by atoms with E-state index in [0.717, 1.165) is 6.54 Å². The van der Waals surface area contributed by atoms with Crippen LogP contribution in [0.1, 0.15) is 39.0 Å². The lowest BCUT2D eigenvalue weighted by Gasteiger charge is -2.02. The molecule has 0 aromatic heterocycles. The third-order valence-electron chi connectivity index (χ3n) is 2.26. The molecule has 3 heteroatoms. The maximum Gasteiger partial charge on any atom is 0.564 e. The van der Waals surface area contributed by atoms with Gasteiger partial charge in [-0.05, 0) is 6.42 Å². The summed E-state index contributed by atoms with van der Waals surface area (Å²) in [5.74, 6) is 0. The van der Waals surface area contributed by atoms with Crippen LogP contribution >= 0.6 is 0 Å². The Hall–Kier alpha value is -0.500. The van der Waals surface area contributed by atoms with Crippen molar-refractivity contribution in [3.63, 3.8) is 0 Å². The van der Waals surface area contributed by atoms with Crippen molar-refractivity contribution >= 4 is 0 Å². The number of halogens is 1. The zero-order valence-corrected chi connectivity index (χ0v) is 9.93. The van der Waals surface area contributed by atoms with E-state index in [0.29, 0.717) is 0 Å². The molecule has 1 aliphatic heterocycles. The van der Waals surface area contributed by atoms with Crippen molar-refractivity contribution in [2.75, 3.05) is 13.6 Å². The Balaban J connectivity index is 0.00000169. The maximum atomic E-state index is 3.20. The van der Waals surface area contributed by atoms with Crippen LogP contribution < -0.4 is 12.4 Å². The minimum Gasteiger partial charge on any atom is -1.00 e. The lowest BCUT2D eigenvalue weighted by Crippen LogP contribution is -3.00. The van der Waals surface area contributed by atoms with Gasteiger partial charge < -0.3 is 12.4 Å². The number of hydrogen-bond acceptors (Lipinski definition) is 2. The highest BCUT2D eigenvalue weighted by Crippen LogP contribution is 2.10. The van der Waals surface area contributed by atoms with Gasteiger partial charge in [0.2, 0.25) is 0 Å². The Labute approximate surface area is 94.4 Å². The average Bonchev–Trinajstić information content (AvgIpc) is 2.51. The van der Waals surface area contributed by atoms with Gasteiger partial charge in [-0.1, -0.05) is 32.6 Å². The molecular formula is C11H20ClN2. The van der Waals surface area contributed by atoms with Gasteiger partial charge in [0.15, 0.2) is 0 Å². The van der Waals surface area contributed by atoms with Gasteiger partial charge in [0.25, 0.3) is 0 Å². The highest BCUT2D eigenvalue weighted by molar-refractivity contribution is 4.94. The average molecular weight is 216 g/mol. The lowest BCUT2D eigenvalue weighted by molar-refractivity contribution is -0.00000287. The third kappa shape index (κ3) is 5.28. The van der Waals surface area contributed by atoms with Gasteiger partial charge in [0, 0.05) is 0 Å². The monoisotopic (exact) mass is 215 g/mol. The van der Waals surface area contributed by atoms with Crippen molar-refractivity contribution in [2.24, 2.45) is 0 Å². The Kier molecular flexibility index (Phi) is 7.58. The Morgan fingerprint density at radius 3 is 2.36 bits per heavy atom. The molecule has 81 valence electrons. The van der Waals surface area contributed by atoms with Crippen LogP contribution in [0.15, 0.2) is 12.4 Å². The second-order valence-electron chi connectivity index (χ2n) is 3.62. The molecule has 0 spiro atoms. The minimum absolute atomic E-state index is 0. The van der Waals surface area contributed by atoms with E-state index in [2.05, 4.69) is 24.7 Å². The first kappa shape index (κ1) is 13.5. The molecule has 0 amide bonds. The molecule has 1 radical (unpaired) electrons. The highest BCUT2D eigenvalue weighted by atomic mass is 35.5. The fourth-order valence-corrected chi connectivity index (χ4v) is 1.46. The first-order chi connectivity index (χ1) is 6.33. The molecule has 1 heterocycles. The summed E-state index contributed by atoms with van der Waals surface area (Å²) < 4.78 is 0. The molecule has 0 aromatic carbocycles.